The molecular weight excluding hydrogens is 548 g/mol. The zero-order valence-corrected chi connectivity index (χ0v) is 28.1. The van der Waals surface area contributed by atoms with Gasteiger partial charge in [-0.05, 0) is 55.0 Å². The van der Waals surface area contributed by atoms with Gasteiger partial charge in [-0.2, -0.15) is 0 Å². The van der Waals surface area contributed by atoms with Gasteiger partial charge in [0.2, 0.25) is 18.2 Å². The van der Waals surface area contributed by atoms with Crippen molar-refractivity contribution in [2.75, 3.05) is 26.7 Å². The summed E-state index contributed by atoms with van der Waals surface area (Å²) in [5.41, 5.74) is 4.71. The van der Waals surface area contributed by atoms with Crippen molar-refractivity contribution in [1.82, 2.24) is 20.4 Å². The van der Waals surface area contributed by atoms with Gasteiger partial charge in [-0.3, -0.25) is 14.4 Å². The second kappa shape index (κ2) is 21.5. The molecule has 0 aromatic heterocycles. The highest BCUT2D eigenvalue weighted by Gasteiger charge is 2.43. The maximum Gasteiger partial charge on any atom is 0.246 e. The summed E-state index contributed by atoms with van der Waals surface area (Å²) < 4.78 is 0. The molecule has 1 saturated heterocycles. The smallest absolute Gasteiger partial charge is 0.246 e. The van der Waals surface area contributed by atoms with Crippen LogP contribution in [0, 0.1) is 0 Å². The number of piperazine rings is 1. The highest BCUT2D eigenvalue weighted by atomic mass is 16.2. The van der Waals surface area contributed by atoms with Crippen LogP contribution in [0.3, 0.4) is 0 Å². The van der Waals surface area contributed by atoms with Crippen LogP contribution in [0.2, 0.25) is 0 Å². The molecule has 2 N–H and O–H groups in total. The molecule has 1 fully saturated rings. The molecule has 2 aromatic rings. The van der Waals surface area contributed by atoms with E-state index in [2.05, 4.69) is 79.9 Å². The van der Waals surface area contributed by atoms with Crippen LogP contribution in [0.5, 0.6) is 0 Å². The van der Waals surface area contributed by atoms with Gasteiger partial charge in [0.05, 0.1) is 0 Å². The second-order valence-electron chi connectivity index (χ2n) is 11.9. The molecule has 0 radical (unpaired) electrons. The summed E-state index contributed by atoms with van der Waals surface area (Å²) in [5.74, 6) is 0.213. The van der Waals surface area contributed by atoms with Gasteiger partial charge >= 0.3 is 0 Å². The molecule has 2 atom stereocenters. The van der Waals surface area contributed by atoms with Crippen molar-refractivity contribution >= 4 is 18.2 Å². The van der Waals surface area contributed by atoms with Crippen molar-refractivity contribution in [2.24, 2.45) is 0 Å². The van der Waals surface area contributed by atoms with E-state index in [1.165, 1.54) is 49.7 Å². The minimum atomic E-state index is -0.429. The molecule has 1 aliphatic heterocycles. The Kier molecular flexibility index (Phi) is 18.1. The van der Waals surface area contributed by atoms with Crippen LogP contribution in [-0.4, -0.2) is 66.8 Å². The van der Waals surface area contributed by atoms with E-state index in [9.17, 15) is 9.59 Å². The summed E-state index contributed by atoms with van der Waals surface area (Å²) in [7, 11) is 1.56. The van der Waals surface area contributed by atoms with Gasteiger partial charge < -0.3 is 20.4 Å². The van der Waals surface area contributed by atoms with Gasteiger partial charge in [-0.1, -0.05) is 114 Å². The first kappa shape index (κ1) is 37.0. The Hall–Kier alpha value is -3.19. The van der Waals surface area contributed by atoms with E-state index < -0.39 is 6.04 Å². The van der Waals surface area contributed by atoms with Crippen molar-refractivity contribution in [3.8, 4) is 11.1 Å². The van der Waals surface area contributed by atoms with Crippen LogP contribution in [-0.2, 0) is 27.3 Å². The minimum Gasteiger partial charge on any atom is -0.362 e. The lowest BCUT2D eigenvalue weighted by Gasteiger charge is -2.44. The van der Waals surface area contributed by atoms with Crippen molar-refractivity contribution < 1.29 is 14.4 Å². The molecular formula is C37H58N4O3. The van der Waals surface area contributed by atoms with Gasteiger partial charge in [0, 0.05) is 33.1 Å². The Labute approximate surface area is 267 Å². The highest BCUT2D eigenvalue weighted by molar-refractivity contribution is 5.97. The molecule has 0 saturated carbocycles. The van der Waals surface area contributed by atoms with E-state index in [4.69, 9.17) is 4.79 Å². The van der Waals surface area contributed by atoms with Crippen molar-refractivity contribution in [1.29, 1.82) is 0 Å². The fraction of sp³-hybridized carbons (Fsp3) is 0.595. The summed E-state index contributed by atoms with van der Waals surface area (Å²) in [6.07, 6.45) is 12.5. The molecule has 0 bridgehead atoms. The first-order valence-electron chi connectivity index (χ1n) is 17.0. The number of carbonyl (C=O) groups excluding carboxylic acids is 3. The van der Waals surface area contributed by atoms with Crippen LogP contribution in [0.25, 0.3) is 11.1 Å². The zero-order chi connectivity index (χ0) is 32.2. The molecule has 7 nitrogen and oxygen atoms in total. The first-order chi connectivity index (χ1) is 21.4. The monoisotopic (exact) mass is 606 g/mol. The number of rotatable bonds is 19. The predicted molar refractivity (Wildman–Crippen MR) is 182 cm³/mol. The molecule has 3 amide bonds. The first-order valence-corrected chi connectivity index (χ1v) is 17.0. The molecule has 1 aliphatic rings. The van der Waals surface area contributed by atoms with Gasteiger partial charge in [-0.15, -0.1) is 0 Å². The summed E-state index contributed by atoms with van der Waals surface area (Å²) >= 11 is 0. The summed E-state index contributed by atoms with van der Waals surface area (Å²) in [5, 5.41) is 5.76. The average Bonchev–Trinajstić information content (AvgIpc) is 3.05. The molecule has 0 unspecified atom stereocenters. The lowest BCUT2D eigenvalue weighted by atomic mass is 9.95. The van der Waals surface area contributed by atoms with Crippen molar-refractivity contribution in [3.63, 3.8) is 0 Å². The predicted octanol–water partition coefficient (Wildman–Crippen LogP) is 6.74. The largest absolute Gasteiger partial charge is 0.362 e. The fourth-order valence-electron chi connectivity index (χ4n) is 5.65. The van der Waals surface area contributed by atoms with Crippen LogP contribution < -0.4 is 10.6 Å². The van der Waals surface area contributed by atoms with E-state index >= 15 is 0 Å². The van der Waals surface area contributed by atoms with E-state index in [1.807, 2.05) is 16.7 Å². The molecule has 2 aromatic carbocycles. The number of benzene rings is 2. The van der Waals surface area contributed by atoms with Gasteiger partial charge in [-0.25, -0.2) is 0 Å². The van der Waals surface area contributed by atoms with Crippen LogP contribution >= 0.6 is 0 Å². The minimum absolute atomic E-state index is 0.100. The summed E-state index contributed by atoms with van der Waals surface area (Å²) in [4.78, 5) is 40.2. The number of nitrogens with zero attached hydrogens (tertiary/aromatic N) is 2. The van der Waals surface area contributed by atoms with E-state index in [0.717, 1.165) is 49.9 Å². The number of amides is 3. The van der Waals surface area contributed by atoms with Crippen molar-refractivity contribution in [2.45, 2.75) is 117 Å². The van der Waals surface area contributed by atoms with E-state index in [-0.39, 0.29) is 17.9 Å². The Morgan fingerprint density at radius 2 is 1.36 bits per heavy atom. The lowest BCUT2D eigenvalue weighted by molar-refractivity contribution is -0.161. The second-order valence-corrected chi connectivity index (χ2v) is 11.9. The van der Waals surface area contributed by atoms with Crippen molar-refractivity contribution in [3.05, 3.63) is 59.7 Å². The quantitative estimate of drug-likeness (QED) is 0.137. The molecule has 1 heterocycles. The SMILES string of the molecule is CCCCCCCCN1C(=O)[C@@H](Cc2cccc(-c3ccc(CNCCCC)cc3)c2)N(CCCC)C(=O)[C@@H]1C.CNC=O. The number of unbranched alkanes of at least 4 members (excludes halogenated alkanes) is 7. The molecule has 244 valence electrons. The van der Waals surface area contributed by atoms with Gasteiger partial charge in [0.1, 0.15) is 12.1 Å². The summed E-state index contributed by atoms with van der Waals surface area (Å²) in [6, 6.07) is 16.4. The zero-order valence-electron chi connectivity index (χ0n) is 28.1. The third-order valence-electron chi connectivity index (χ3n) is 8.35. The summed E-state index contributed by atoms with van der Waals surface area (Å²) in [6.45, 7) is 11.7. The maximum atomic E-state index is 13.9. The maximum absolute atomic E-state index is 13.9. The standard InChI is InChI=1S/C35H53N3O2.C2H5NO/c1-5-8-11-12-13-14-24-37-28(4)34(39)38(23-10-7-3)33(35(37)40)26-30-16-15-17-32(25-30)31-20-18-29(19-21-31)27-36-22-9-6-2;1-3-2-4/h15-21,25,28,33,36H,5-14,22-24,26-27H2,1-4H3;2H,1H3,(H,3,4)/t28-,33+;/m0./s1. The number of hydrogen-bond acceptors (Lipinski definition) is 4. The lowest BCUT2D eigenvalue weighted by Crippen LogP contribution is -2.64. The molecule has 3 rings (SSSR count). The molecule has 44 heavy (non-hydrogen) atoms. The normalized spacial score (nSPS) is 16.5. The topological polar surface area (TPSA) is 81.8 Å². The highest BCUT2D eigenvalue weighted by Crippen LogP contribution is 2.26. The molecule has 0 spiro atoms. The van der Waals surface area contributed by atoms with E-state index in [1.54, 1.807) is 7.05 Å². The molecule has 7 heteroatoms. The Bertz CT molecular complexity index is 1100. The van der Waals surface area contributed by atoms with Crippen LogP contribution in [0.4, 0.5) is 0 Å². The average molecular weight is 607 g/mol. The molecule has 0 aliphatic carbocycles. The fourth-order valence-corrected chi connectivity index (χ4v) is 5.65. The third-order valence-corrected chi connectivity index (χ3v) is 8.35. The third kappa shape index (κ3) is 12.1. The van der Waals surface area contributed by atoms with Crippen LogP contribution in [0.1, 0.15) is 103 Å². The Balaban J connectivity index is 0.00000159. The van der Waals surface area contributed by atoms with Crippen LogP contribution in [0.15, 0.2) is 48.5 Å². The Morgan fingerprint density at radius 1 is 0.727 bits per heavy atom. The number of nitrogens with one attached hydrogen (secondary N) is 2. The van der Waals surface area contributed by atoms with Gasteiger partial charge in [0.15, 0.2) is 0 Å². The van der Waals surface area contributed by atoms with Gasteiger partial charge in [0.25, 0.3) is 0 Å². The number of carbonyl (C=O) groups is 3. The van der Waals surface area contributed by atoms with E-state index in [0.29, 0.717) is 25.9 Å². The Morgan fingerprint density at radius 3 is 2.02 bits per heavy atom. The number of hydrogen-bond donors (Lipinski definition) is 2.